The van der Waals surface area contributed by atoms with Gasteiger partial charge in [-0.3, -0.25) is 0 Å². The molecule has 0 bridgehead atoms. The van der Waals surface area contributed by atoms with Crippen LogP contribution in [-0.2, 0) is 11.3 Å². The SMILES string of the molecule is C=CCC(NC(=O)NCc1ccno1)C(=O)O. The lowest BCUT2D eigenvalue weighted by Gasteiger charge is -2.12. The van der Waals surface area contributed by atoms with Crippen molar-refractivity contribution >= 4 is 12.0 Å². The molecule has 17 heavy (non-hydrogen) atoms. The van der Waals surface area contributed by atoms with Gasteiger partial charge in [-0.25, -0.2) is 9.59 Å². The Balaban J connectivity index is 2.37. The summed E-state index contributed by atoms with van der Waals surface area (Å²) in [6.07, 6.45) is 3.03. The summed E-state index contributed by atoms with van der Waals surface area (Å²) in [5.41, 5.74) is 0. The average molecular weight is 239 g/mol. The number of amides is 2. The predicted molar refractivity (Wildman–Crippen MR) is 58.1 cm³/mol. The molecule has 2 amide bonds. The van der Waals surface area contributed by atoms with Crippen molar-refractivity contribution in [1.82, 2.24) is 15.8 Å². The molecule has 0 aliphatic carbocycles. The van der Waals surface area contributed by atoms with Crippen molar-refractivity contribution in [3.63, 3.8) is 0 Å². The van der Waals surface area contributed by atoms with Gasteiger partial charge in [-0.15, -0.1) is 6.58 Å². The van der Waals surface area contributed by atoms with E-state index in [0.717, 1.165) is 0 Å². The minimum Gasteiger partial charge on any atom is -0.480 e. The molecule has 0 aliphatic heterocycles. The minimum atomic E-state index is -1.11. The topological polar surface area (TPSA) is 104 Å². The Morgan fingerprint density at radius 2 is 2.41 bits per heavy atom. The van der Waals surface area contributed by atoms with Gasteiger partial charge in [0.25, 0.3) is 0 Å². The van der Waals surface area contributed by atoms with E-state index in [9.17, 15) is 9.59 Å². The summed E-state index contributed by atoms with van der Waals surface area (Å²) in [5.74, 6) is -0.629. The summed E-state index contributed by atoms with van der Waals surface area (Å²) in [4.78, 5) is 22.1. The lowest BCUT2D eigenvalue weighted by molar-refractivity contribution is -0.139. The van der Waals surface area contributed by atoms with E-state index in [2.05, 4.69) is 22.4 Å². The lowest BCUT2D eigenvalue weighted by atomic mass is 10.2. The van der Waals surface area contributed by atoms with Crippen LogP contribution in [0, 0.1) is 0 Å². The second-order valence-corrected chi connectivity index (χ2v) is 3.22. The van der Waals surface area contributed by atoms with E-state index in [-0.39, 0.29) is 13.0 Å². The lowest BCUT2D eigenvalue weighted by Crippen LogP contribution is -2.45. The highest BCUT2D eigenvalue weighted by Gasteiger charge is 2.17. The zero-order valence-corrected chi connectivity index (χ0v) is 9.05. The van der Waals surface area contributed by atoms with Gasteiger partial charge in [0, 0.05) is 6.07 Å². The molecule has 1 aromatic heterocycles. The molecule has 0 saturated heterocycles. The van der Waals surface area contributed by atoms with Crippen LogP contribution >= 0.6 is 0 Å². The van der Waals surface area contributed by atoms with Crippen LogP contribution in [0.1, 0.15) is 12.2 Å². The first-order valence-electron chi connectivity index (χ1n) is 4.91. The molecule has 0 fully saturated rings. The Morgan fingerprint density at radius 1 is 1.65 bits per heavy atom. The van der Waals surface area contributed by atoms with Crippen LogP contribution in [0.2, 0.25) is 0 Å². The van der Waals surface area contributed by atoms with Crippen LogP contribution in [0.15, 0.2) is 29.4 Å². The first kappa shape index (κ1) is 12.8. The number of carboxylic acids is 1. The van der Waals surface area contributed by atoms with Crippen molar-refractivity contribution in [2.75, 3.05) is 0 Å². The van der Waals surface area contributed by atoms with E-state index < -0.39 is 18.0 Å². The number of rotatable bonds is 6. The number of aliphatic carboxylic acids is 1. The van der Waals surface area contributed by atoms with E-state index in [0.29, 0.717) is 5.76 Å². The van der Waals surface area contributed by atoms with Crippen molar-refractivity contribution in [1.29, 1.82) is 0 Å². The van der Waals surface area contributed by atoms with Gasteiger partial charge in [-0.1, -0.05) is 11.2 Å². The van der Waals surface area contributed by atoms with E-state index in [4.69, 9.17) is 9.63 Å². The van der Waals surface area contributed by atoms with Crippen molar-refractivity contribution in [3.8, 4) is 0 Å². The Hall–Kier alpha value is -2.31. The molecular formula is C10H13N3O4. The highest BCUT2D eigenvalue weighted by molar-refractivity contribution is 5.82. The highest BCUT2D eigenvalue weighted by atomic mass is 16.5. The normalized spacial score (nSPS) is 11.5. The molecule has 0 saturated carbocycles. The molecule has 92 valence electrons. The fourth-order valence-electron chi connectivity index (χ4n) is 1.10. The second-order valence-electron chi connectivity index (χ2n) is 3.22. The molecular weight excluding hydrogens is 226 g/mol. The first-order valence-corrected chi connectivity index (χ1v) is 4.91. The molecule has 0 spiro atoms. The number of carbonyl (C=O) groups is 2. The van der Waals surface area contributed by atoms with Crippen LogP contribution in [0.25, 0.3) is 0 Å². The summed E-state index contributed by atoms with van der Waals surface area (Å²) in [6, 6.07) is 0.0245. The summed E-state index contributed by atoms with van der Waals surface area (Å²) >= 11 is 0. The maximum absolute atomic E-state index is 11.3. The molecule has 0 aromatic carbocycles. The molecule has 7 nitrogen and oxygen atoms in total. The molecule has 1 rings (SSSR count). The van der Waals surface area contributed by atoms with Gasteiger partial charge in [0.2, 0.25) is 0 Å². The number of nitrogens with one attached hydrogen (secondary N) is 2. The van der Waals surface area contributed by atoms with E-state index >= 15 is 0 Å². The standard InChI is InChI=1S/C10H13N3O4/c1-2-3-8(9(14)15)13-10(16)11-6-7-4-5-12-17-7/h2,4-5,8H,1,3,6H2,(H,14,15)(H2,11,13,16). The fraction of sp³-hybridized carbons (Fsp3) is 0.300. The number of urea groups is 1. The van der Waals surface area contributed by atoms with Gasteiger partial charge in [0.1, 0.15) is 6.04 Å². The van der Waals surface area contributed by atoms with E-state index in [1.54, 1.807) is 6.07 Å². The Labute approximate surface area is 97.5 Å². The monoisotopic (exact) mass is 239 g/mol. The molecule has 3 N–H and O–H groups in total. The predicted octanol–water partition coefficient (Wildman–Crippen LogP) is 0.503. The zero-order valence-electron chi connectivity index (χ0n) is 9.05. The van der Waals surface area contributed by atoms with Gasteiger partial charge in [0.15, 0.2) is 5.76 Å². The van der Waals surface area contributed by atoms with Crippen LogP contribution in [-0.4, -0.2) is 28.3 Å². The van der Waals surface area contributed by atoms with Crippen molar-refractivity contribution < 1.29 is 19.2 Å². The molecule has 0 aliphatic rings. The molecule has 1 unspecified atom stereocenters. The average Bonchev–Trinajstić information content (AvgIpc) is 2.78. The molecule has 1 atom stereocenters. The smallest absolute Gasteiger partial charge is 0.326 e. The number of aromatic nitrogens is 1. The first-order chi connectivity index (χ1) is 8.13. The number of carboxylic acid groups (broad SMARTS) is 1. The van der Waals surface area contributed by atoms with Crippen molar-refractivity contribution in [2.24, 2.45) is 0 Å². The van der Waals surface area contributed by atoms with Crippen molar-refractivity contribution in [2.45, 2.75) is 19.0 Å². The number of nitrogens with zero attached hydrogens (tertiary/aromatic N) is 1. The molecule has 0 radical (unpaired) electrons. The van der Waals surface area contributed by atoms with E-state index in [1.165, 1.54) is 12.3 Å². The third-order valence-electron chi connectivity index (χ3n) is 1.92. The van der Waals surface area contributed by atoms with Crippen LogP contribution in [0.3, 0.4) is 0 Å². The maximum atomic E-state index is 11.3. The quantitative estimate of drug-likeness (QED) is 0.627. The van der Waals surface area contributed by atoms with Crippen LogP contribution in [0.4, 0.5) is 4.79 Å². The summed E-state index contributed by atoms with van der Waals surface area (Å²) in [7, 11) is 0. The largest absolute Gasteiger partial charge is 0.480 e. The Kier molecular flexibility index (Phi) is 4.74. The molecule has 1 aromatic rings. The molecule has 7 heteroatoms. The van der Waals surface area contributed by atoms with E-state index in [1.807, 2.05) is 0 Å². The van der Waals surface area contributed by atoms with Crippen molar-refractivity contribution in [3.05, 3.63) is 30.7 Å². The van der Waals surface area contributed by atoms with Gasteiger partial charge in [-0.05, 0) is 6.42 Å². The van der Waals surface area contributed by atoms with Crippen LogP contribution in [0.5, 0.6) is 0 Å². The fourth-order valence-corrected chi connectivity index (χ4v) is 1.10. The van der Waals surface area contributed by atoms with Crippen LogP contribution < -0.4 is 10.6 Å². The summed E-state index contributed by atoms with van der Waals surface area (Å²) in [5, 5.41) is 17.0. The Bertz CT molecular complexity index is 388. The Morgan fingerprint density at radius 3 is 2.94 bits per heavy atom. The second kappa shape index (κ2) is 6.31. The summed E-state index contributed by atoms with van der Waals surface area (Å²) in [6.45, 7) is 3.56. The van der Waals surface area contributed by atoms with Gasteiger partial charge < -0.3 is 20.3 Å². The van der Waals surface area contributed by atoms with Gasteiger partial charge in [-0.2, -0.15) is 0 Å². The number of carbonyl (C=O) groups excluding carboxylic acids is 1. The van der Waals surface area contributed by atoms with Gasteiger partial charge >= 0.3 is 12.0 Å². The third-order valence-corrected chi connectivity index (χ3v) is 1.92. The zero-order chi connectivity index (χ0) is 12.7. The van der Waals surface area contributed by atoms with Gasteiger partial charge in [0.05, 0.1) is 12.7 Å². The summed E-state index contributed by atoms with van der Waals surface area (Å²) < 4.78 is 4.76. The highest BCUT2D eigenvalue weighted by Crippen LogP contribution is 1.96. The third kappa shape index (κ3) is 4.37. The number of hydrogen-bond donors (Lipinski definition) is 3. The maximum Gasteiger partial charge on any atom is 0.326 e. The number of hydrogen-bond acceptors (Lipinski definition) is 4. The minimum absolute atomic E-state index is 0.145. The molecule has 1 heterocycles.